The summed E-state index contributed by atoms with van der Waals surface area (Å²) in [6.07, 6.45) is 2.41. The van der Waals surface area contributed by atoms with Crippen molar-refractivity contribution in [3.8, 4) is 11.5 Å². The topological polar surface area (TPSA) is 108 Å². The molecule has 0 spiro atoms. The Balaban J connectivity index is 2.05. The number of H-pyrrole nitrogens is 1. The van der Waals surface area contributed by atoms with Gasteiger partial charge in [-0.05, 0) is 25.0 Å². The van der Waals surface area contributed by atoms with E-state index in [1.807, 2.05) is 0 Å². The Morgan fingerprint density at radius 1 is 1.41 bits per heavy atom. The number of nitrogens with one attached hydrogen (secondary N) is 2. The number of aliphatic carboxylic acids is 1. The predicted octanol–water partition coefficient (Wildman–Crippen LogP) is 2.29. The van der Waals surface area contributed by atoms with Crippen LogP contribution in [-0.4, -0.2) is 33.7 Å². The van der Waals surface area contributed by atoms with E-state index in [9.17, 15) is 14.7 Å². The number of furan rings is 1. The van der Waals surface area contributed by atoms with Gasteiger partial charge in [-0.1, -0.05) is 13.8 Å². The molecule has 2 rings (SSSR count). The quantitative estimate of drug-likeness (QED) is 0.727. The van der Waals surface area contributed by atoms with E-state index in [1.54, 1.807) is 32.0 Å². The first-order valence-electron chi connectivity index (χ1n) is 7.13. The number of amides is 1. The molecule has 2 aromatic rings. The Morgan fingerprint density at radius 2 is 2.14 bits per heavy atom. The van der Waals surface area contributed by atoms with E-state index in [2.05, 4.69) is 15.5 Å². The minimum Gasteiger partial charge on any atom is -0.481 e. The van der Waals surface area contributed by atoms with Gasteiger partial charge in [-0.25, -0.2) is 0 Å². The van der Waals surface area contributed by atoms with E-state index < -0.39 is 17.3 Å². The molecule has 22 heavy (non-hydrogen) atoms. The minimum absolute atomic E-state index is 0.0666. The fourth-order valence-electron chi connectivity index (χ4n) is 2.21. The number of nitrogens with zero attached hydrogens (tertiary/aromatic N) is 1. The molecule has 0 aromatic carbocycles. The van der Waals surface area contributed by atoms with Crippen molar-refractivity contribution in [2.24, 2.45) is 5.41 Å². The lowest BCUT2D eigenvalue weighted by Crippen LogP contribution is -2.42. The third-order valence-electron chi connectivity index (χ3n) is 3.99. The average molecular weight is 305 g/mol. The molecule has 1 amide bonds. The molecular formula is C15H19N3O4. The first-order valence-corrected chi connectivity index (χ1v) is 7.13. The molecular weight excluding hydrogens is 286 g/mol. The van der Waals surface area contributed by atoms with Crippen molar-refractivity contribution in [1.29, 1.82) is 0 Å². The molecule has 0 aliphatic carbocycles. The number of rotatable bonds is 7. The van der Waals surface area contributed by atoms with Crippen molar-refractivity contribution >= 4 is 11.9 Å². The van der Waals surface area contributed by atoms with Crippen LogP contribution in [0.1, 0.15) is 37.2 Å². The van der Waals surface area contributed by atoms with Gasteiger partial charge in [0.05, 0.1) is 11.7 Å². The van der Waals surface area contributed by atoms with E-state index >= 15 is 0 Å². The Hall–Kier alpha value is -2.57. The van der Waals surface area contributed by atoms with Crippen LogP contribution in [0.25, 0.3) is 11.5 Å². The van der Waals surface area contributed by atoms with Gasteiger partial charge in [-0.2, -0.15) is 5.10 Å². The summed E-state index contributed by atoms with van der Waals surface area (Å²) in [4.78, 5) is 23.5. The van der Waals surface area contributed by atoms with Gasteiger partial charge < -0.3 is 14.8 Å². The van der Waals surface area contributed by atoms with Gasteiger partial charge in [0, 0.05) is 12.6 Å². The number of carbonyl (C=O) groups excluding carboxylic acids is 1. The standard InChI is InChI=1S/C15H19N3O4/c1-3-15(4-2,14(20)21)9-16-13(19)11-8-10(17-18-11)12-6-5-7-22-12/h5-8H,3-4,9H2,1-2H3,(H,16,19)(H,17,18)(H,20,21). The van der Waals surface area contributed by atoms with Crippen molar-refractivity contribution in [2.45, 2.75) is 26.7 Å². The zero-order valence-electron chi connectivity index (χ0n) is 12.5. The van der Waals surface area contributed by atoms with Crippen LogP contribution in [0.4, 0.5) is 0 Å². The fourth-order valence-corrected chi connectivity index (χ4v) is 2.21. The molecule has 0 saturated heterocycles. The zero-order chi connectivity index (χ0) is 16.2. The summed E-state index contributed by atoms with van der Waals surface area (Å²) in [5.41, 5.74) is -0.168. The van der Waals surface area contributed by atoms with Gasteiger partial charge in [-0.15, -0.1) is 0 Å². The average Bonchev–Trinajstić information content (AvgIpc) is 3.19. The van der Waals surface area contributed by atoms with E-state index in [0.717, 1.165) is 0 Å². The van der Waals surface area contributed by atoms with Crippen molar-refractivity contribution in [2.75, 3.05) is 6.54 Å². The molecule has 118 valence electrons. The molecule has 0 aliphatic heterocycles. The second-order valence-electron chi connectivity index (χ2n) is 5.12. The molecule has 0 radical (unpaired) electrons. The lowest BCUT2D eigenvalue weighted by Gasteiger charge is -2.26. The molecule has 3 N–H and O–H groups in total. The number of hydrogen-bond acceptors (Lipinski definition) is 4. The van der Waals surface area contributed by atoms with Crippen LogP contribution in [0.3, 0.4) is 0 Å². The molecule has 0 atom stereocenters. The largest absolute Gasteiger partial charge is 0.481 e. The monoisotopic (exact) mass is 305 g/mol. The molecule has 0 bridgehead atoms. The number of aromatic amines is 1. The molecule has 2 aromatic heterocycles. The van der Waals surface area contributed by atoms with Gasteiger partial charge in [0.25, 0.3) is 5.91 Å². The van der Waals surface area contributed by atoms with Crippen molar-refractivity contribution in [1.82, 2.24) is 15.5 Å². The summed E-state index contributed by atoms with van der Waals surface area (Å²) in [6.45, 7) is 3.66. The van der Waals surface area contributed by atoms with E-state index in [0.29, 0.717) is 24.3 Å². The molecule has 7 heteroatoms. The van der Waals surface area contributed by atoms with Gasteiger partial charge in [0.15, 0.2) is 11.5 Å². The van der Waals surface area contributed by atoms with Crippen LogP contribution in [0.5, 0.6) is 0 Å². The van der Waals surface area contributed by atoms with E-state index in [1.165, 1.54) is 6.26 Å². The van der Waals surface area contributed by atoms with Gasteiger partial charge in [0.2, 0.25) is 0 Å². The first-order chi connectivity index (χ1) is 10.5. The summed E-state index contributed by atoms with van der Waals surface area (Å²) < 4.78 is 5.21. The number of hydrogen-bond donors (Lipinski definition) is 3. The third kappa shape index (κ3) is 3.03. The molecule has 2 heterocycles. The number of carboxylic acids is 1. The Kier molecular flexibility index (Phi) is 4.65. The minimum atomic E-state index is -0.949. The Labute approximate surface area is 127 Å². The third-order valence-corrected chi connectivity index (χ3v) is 3.99. The van der Waals surface area contributed by atoms with Gasteiger partial charge in [-0.3, -0.25) is 14.7 Å². The molecule has 0 unspecified atom stereocenters. The van der Waals surface area contributed by atoms with Crippen LogP contribution in [0, 0.1) is 5.41 Å². The molecule has 0 fully saturated rings. The van der Waals surface area contributed by atoms with Crippen molar-refractivity contribution < 1.29 is 19.1 Å². The summed E-state index contributed by atoms with van der Waals surface area (Å²) in [7, 11) is 0. The van der Waals surface area contributed by atoms with E-state index in [4.69, 9.17) is 4.42 Å². The molecule has 0 saturated carbocycles. The summed E-state index contributed by atoms with van der Waals surface area (Å²) >= 11 is 0. The molecule has 0 aliphatic rings. The van der Waals surface area contributed by atoms with Crippen LogP contribution >= 0.6 is 0 Å². The Morgan fingerprint density at radius 3 is 2.68 bits per heavy atom. The highest BCUT2D eigenvalue weighted by atomic mass is 16.4. The summed E-state index contributed by atoms with van der Waals surface area (Å²) in [5, 5.41) is 18.6. The van der Waals surface area contributed by atoms with Crippen LogP contribution in [0.15, 0.2) is 28.9 Å². The maximum Gasteiger partial charge on any atom is 0.311 e. The highest BCUT2D eigenvalue weighted by Crippen LogP contribution is 2.26. The fraction of sp³-hybridized carbons (Fsp3) is 0.400. The lowest BCUT2D eigenvalue weighted by atomic mass is 9.82. The number of carbonyl (C=O) groups is 2. The number of carboxylic acid groups (broad SMARTS) is 1. The van der Waals surface area contributed by atoms with Crippen molar-refractivity contribution in [3.63, 3.8) is 0 Å². The van der Waals surface area contributed by atoms with Gasteiger partial charge in [0.1, 0.15) is 5.69 Å². The zero-order valence-corrected chi connectivity index (χ0v) is 12.5. The summed E-state index contributed by atoms with van der Waals surface area (Å²) in [6, 6.07) is 5.05. The number of aromatic nitrogens is 2. The highest BCUT2D eigenvalue weighted by molar-refractivity contribution is 5.93. The van der Waals surface area contributed by atoms with Crippen LogP contribution in [-0.2, 0) is 4.79 Å². The predicted molar refractivity (Wildman–Crippen MR) is 79.3 cm³/mol. The van der Waals surface area contributed by atoms with Crippen LogP contribution in [0.2, 0.25) is 0 Å². The smallest absolute Gasteiger partial charge is 0.311 e. The normalized spacial score (nSPS) is 11.4. The van der Waals surface area contributed by atoms with Crippen LogP contribution < -0.4 is 5.32 Å². The SMILES string of the molecule is CCC(CC)(CNC(=O)c1cc(-c2ccco2)[nH]n1)C(=O)O. The summed E-state index contributed by atoms with van der Waals surface area (Å²) in [5.74, 6) is -0.744. The van der Waals surface area contributed by atoms with E-state index in [-0.39, 0.29) is 12.2 Å². The first kappa shape index (κ1) is 15.8. The Bertz CT molecular complexity index is 642. The maximum atomic E-state index is 12.1. The van der Waals surface area contributed by atoms with Gasteiger partial charge >= 0.3 is 5.97 Å². The van der Waals surface area contributed by atoms with Crippen molar-refractivity contribution in [3.05, 3.63) is 30.2 Å². The lowest BCUT2D eigenvalue weighted by molar-refractivity contribution is -0.149. The highest BCUT2D eigenvalue weighted by Gasteiger charge is 2.35. The second-order valence-corrected chi connectivity index (χ2v) is 5.12. The maximum absolute atomic E-state index is 12.1. The molecule has 7 nitrogen and oxygen atoms in total. The second kappa shape index (κ2) is 6.46.